The lowest BCUT2D eigenvalue weighted by Gasteiger charge is -2.14. The Labute approximate surface area is 436 Å². The average Bonchev–Trinajstić information content (AvgIpc) is 3.44. The highest BCUT2D eigenvalue weighted by atomic mass is 19.4. The van der Waals surface area contributed by atoms with Crippen molar-refractivity contribution in [3.8, 4) is 23.0 Å². The molecule has 0 fully saturated rings. The van der Waals surface area contributed by atoms with E-state index in [0.717, 1.165) is 36.4 Å². The van der Waals surface area contributed by atoms with E-state index >= 15 is 0 Å². The largest absolute Gasteiger partial charge is 0.573 e. The van der Waals surface area contributed by atoms with E-state index in [-0.39, 0.29) is 55.8 Å². The van der Waals surface area contributed by atoms with Crippen molar-refractivity contribution in [1.82, 2.24) is 0 Å². The lowest BCUT2D eigenvalue weighted by Crippen LogP contribution is -2.17. The van der Waals surface area contributed by atoms with Crippen LogP contribution in [0.15, 0.2) is 202 Å². The number of alkyl halides is 6. The van der Waals surface area contributed by atoms with Gasteiger partial charge >= 0.3 is 12.7 Å². The van der Waals surface area contributed by atoms with E-state index in [9.17, 15) is 55.7 Å². The van der Waals surface area contributed by atoms with Gasteiger partial charge in [-0.1, -0.05) is 91.0 Å². The van der Waals surface area contributed by atoms with Gasteiger partial charge in [-0.3, -0.25) is 19.2 Å². The Balaban J connectivity index is 0.978. The van der Waals surface area contributed by atoms with Crippen LogP contribution in [-0.2, 0) is 0 Å². The first-order valence-corrected chi connectivity index (χ1v) is 22.9. The van der Waals surface area contributed by atoms with Crippen LogP contribution in [0.3, 0.4) is 0 Å². The molecule has 0 bridgehead atoms. The van der Waals surface area contributed by atoms with Crippen molar-refractivity contribution in [2.24, 2.45) is 20.5 Å². The smallest absolute Gasteiger partial charge is 0.505 e. The molecule has 0 spiro atoms. The van der Waals surface area contributed by atoms with E-state index in [0.29, 0.717) is 22.1 Å². The fourth-order valence-electron chi connectivity index (χ4n) is 7.81. The zero-order valence-electron chi connectivity index (χ0n) is 39.7. The molecule has 0 saturated carbocycles. The zero-order valence-corrected chi connectivity index (χ0v) is 39.7. The Morgan fingerprint density at radius 3 is 1.14 bits per heavy atom. The van der Waals surface area contributed by atoms with Crippen LogP contribution in [0.2, 0.25) is 0 Å². The van der Waals surface area contributed by atoms with Crippen molar-refractivity contribution in [3.63, 3.8) is 0 Å². The maximum atomic E-state index is 14.0. The summed E-state index contributed by atoms with van der Waals surface area (Å²) in [6.45, 7) is 0. The van der Waals surface area contributed by atoms with Gasteiger partial charge in [-0.2, -0.15) is 0 Å². The summed E-state index contributed by atoms with van der Waals surface area (Å²) in [4.78, 5) is 54.1. The summed E-state index contributed by atoms with van der Waals surface area (Å²) < 4.78 is 89.5. The van der Waals surface area contributed by atoms with Crippen LogP contribution in [0.4, 0.5) is 71.8 Å². The van der Waals surface area contributed by atoms with Crippen LogP contribution in [0.1, 0.15) is 41.4 Å². The monoisotopic (exact) mass is 1060 g/mol. The fourth-order valence-corrected chi connectivity index (χ4v) is 7.81. The third-order valence-corrected chi connectivity index (χ3v) is 11.3. The summed E-state index contributed by atoms with van der Waals surface area (Å²) in [6.07, 6.45) is -10.3. The van der Waals surface area contributed by atoms with E-state index in [2.05, 4.69) is 51.2 Å². The van der Waals surface area contributed by atoms with Gasteiger partial charge in [-0.25, -0.2) is 0 Å². The van der Waals surface area contributed by atoms with Crippen LogP contribution < -0.4 is 30.7 Å². The number of fused-ring (bicyclic) bond motifs is 2. The Morgan fingerprint density at radius 1 is 0.385 bits per heavy atom. The lowest BCUT2D eigenvalue weighted by molar-refractivity contribution is -0.275. The number of anilines is 4. The predicted molar refractivity (Wildman–Crippen MR) is 277 cm³/mol. The number of amides is 4. The van der Waals surface area contributed by atoms with Crippen molar-refractivity contribution in [2.75, 3.05) is 21.3 Å². The van der Waals surface area contributed by atoms with Crippen LogP contribution in [0.25, 0.3) is 21.5 Å². The number of nitrogens with zero attached hydrogens (tertiary/aromatic N) is 4. The third-order valence-electron chi connectivity index (χ3n) is 11.3. The van der Waals surface area contributed by atoms with E-state index < -0.39 is 70.7 Å². The number of phenols is 2. The summed E-state index contributed by atoms with van der Waals surface area (Å²) in [7, 11) is 0. The summed E-state index contributed by atoms with van der Waals surface area (Å²) in [5.41, 5.74) is -1.77. The lowest BCUT2D eigenvalue weighted by atomic mass is 10.0. The maximum absolute atomic E-state index is 14.0. The molecule has 9 aromatic rings. The van der Waals surface area contributed by atoms with Gasteiger partial charge < -0.3 is 41.0 Å². The number of benzene rings is 9. The SMILES string of the molecule is O=C(Nc1ccccc1)c1ccc(OC(F)(F)F)c(N=Nc2c(O)c(C(=O)Nc3cccc(NC(=O)c4cc5ccccc5c(N=Nc5cc(C(=O)Nc6ccccc6)ccc5OC(F)(F)F)c4O)c3)cc3ccccc23)c1. The summed E-state index contributed by atoms with van der Waals surface area (Å²) >= 11 is 0. The number of rotatable bonds is 14. The van der Waals surface area contributed by atoms with Gasteiger partial charge in [0.25, 0.3) is 23.6 Å². The van der Waals surface area contributed by atoms with Gasteiger partial charge in [0, 0.05) is 44.6 Å². The van der Waals surface area contributed by atoms with Crippen molar-refractivity contribution >= 4 is 90.7 Å². The molecule has 0 heterocycles. The second kappa shape index (κ2) is 22.1. The van der Waals surface area contributed by atoms with Gasteiger partial charge in [0.1, 0.15) is 22.7 Å². The zero-order chi connectivity index (χ0) is 55.1. The molecule has 16 nitrogen and oxygen atoms in total. The van der Waals surface area contributed by atoms with Crippen molar-refractivity contribution in [3.05, 3.63) is 204 Å². The second-order valence-corrected chi connectivity index (χ2v) is 16.7. The molecule has 390 valence electrons. The number of halogens is 6. The highest BCUT2D eigenvalue weighted by molar-refractivity contribution is 6.14. The van der Waals surface area contributed by atoms with Gasteiger partial charge in [-0.05, 0) is 102 Å². The Bertz CT molecular complexity index is 3610. The predicted octanol–water partition coefficient (Wildman–Crippen LogP) is 15.0. The number of ether oxygens (including phenoxy) is 2. The number of hydrogen-bond donors (Lipinski definition) is 6. The molecule has 0 aliphatic rings. The minimum Gasteiger partial charge on any atom is -0.505 e. The number of phenolic OH excluding ortho intramolecular Hbond substituents is 2. The van der Waals surface area contributed by atoms with E-state index in [4.69, 9.17) is 0 Å². The molecule has 9 rings (SSSR count). The summed E-state index contributed by atoms with van der Waals surface area (Å²) in [5, 5.41) is 50.9. The first-order chi connectivity index (χ1) is 37.4. The van der Waals surface area contributed by atoms with E-state index in [1.54, 1.807) is 97.1 Å². The summed E-state index contributed by atoms with van der Waals surface area (Å²) in [6, 6.07) is 43.4. The van der Waals surface area contributed by atoms with Crippen molar-refractivity contribution < 1.29 is 65.2 Å². The van der Waals surface area contributed by atoms with Gasteiger partial charge in [0.2, 0.25) is 0 Å². The second-order valence-electron chi connectivity index (χ2n) is 16.7. The topological polar surface area (TPSA) is 225 Å². The molecule has 78 heavy (non-hydrogen) atoms. The van der Waals surface area contributed by atoms with Gasteiger partial charge in [0.05, 0.1) is 11.1 Å². The average molecular weight is 1060 g/mol. The quantitative estimate of drug-likeness (QED) is 0.0453. The molecule has 0 saturated heterocycles. The number of carbonyl (C=O) groups excluding carboxylic acids is 4. The number of carbonyl (C=O) groups is 4. The molecular weight excluding hydrogens is 1030 g/mol. The molecule has 0 aromatic heterocycles. The van der Waals surface area contributed by atoms with Crippen LogP contribution in [-0.4, -0.2) is 46.6 Å². The van der Waals surface area contributed by atoms with Crippen LogP contribution in [0, 0.1) is 0 Å². The Hall–Kier alpha value is -10.6. The standard InChI is InChI=1S/C56H36F6N8O8/c57-55(58,59)77-45-24-22-33(51(73)63-35-14-3-1-4-15-35)28-43(45)67-69-47-39-20-9-7-12-31(39)26-41(49(47)71)53(75)65-37-18-11-19-38(30-37)66-54(76)42-27-32-13-8-10-21-40(32)48(50(42)72)70-68-44-29-34(23-25-46(44)78-56(60,61)62)52(74)64-36-16-5-2-6-17-36/h1-30,71-72H,(H,63,73)(H,64,74)(H,65,75)(H,66,76). The van der Waals surface area contributed by atoms with Gasteiger partial charge in [-0.15, -0.1) is 46.8 Å². The molecule has 6 N–H and O–H groups in total. The highest BCUT2D eigenvalue weighted by Crippen LogP contribution is 2.44. The molecule has 0 unspecified atom stereocenters. The number of nitrogens with one attached hydrogen (secondary N) is 4. The highest BCUT2D eigenvalue weighted by Gasteiger charge is 2.34. The van der Waals surface area contributed by atoms with Gasteiger partial charge in [0.15, 0.2) is 23.0 Å². The first-order valence-electron chi connectivity index (χ1n) is 22.9. The molecule has 0 atom stereocenters. The van der Waals surface area contributed by atoms with Crippen LogP contribution >= 0.6 is 0 Å². The summed E-state index contributed by atoms with van der Waals surface area (Å²) in [5.74, 6) is -6.33. The molecular formula is C56H36F6N8O8. The van der Waals surface area contributed by atoms with E-state index in [1.165, 1.54) is 48.5 Å². The van der Waals surface area contributed by atoms with Crippen molar-refractivity contribution in [1.29, 1.82) is 0 Å². The Morgan fingerprint density at radius 2 is 0.744 bits per heavy atom. The molecule has 22 heteroatoms. The molecule has 0 radical (unpaired) electrons. The fraction of sp³-hybridized carbons (Fsp3) is 0.0357. The van der Waals surface area contributed by atoms with E-state index in [1.807, 2.05) is 0 Å². The number of para-hydroxylation sites is 2. The minimum absolute atomic E-state index is 0.0712. The number of hydrogen-bond acceptors (Lipinski definition) is 12. The van der Waals surface area contributed by atoms with Crippen molar-refractivity contribution in [2.45, 2.75) is 12.7 Å². The normalized spacial score (nSPS) is 11.7. The molecule has 0 aliphatic carbocycles. The molecule has 9 aromatic carbocycles. The third kappa shape index (κ3) is 12.5. The van der Waals surface area contributed by atoms with Crippen LogP contribution in [0.5, 0.6) is 23.0 Å². The minimum atomic E-state index is -5.17. The molecule has 4 amide bonds. The number of azo groups is 2. The first kappa shape index (κ1) is 52.2. The molecule has 0 aliphatic heterocycles. The number of aromatic hydroxyl groups is 2. The maximum Gasteiger partial charge on any atom is 0.573 e. The Kier molecular flexibility index (Phi) is 14.8.